The molecule has 0 aromatic carbocycles. The normalized spacial score (nSPS) is 12.8. The van der Waals surface area contributed by atoms with Crippen LogP contribution in [-0.4, -0.2) is 20.5 Å². The van der Waals surface area contributed by atoms with E-state index in [2.05, 4.69) is 11.1 Å². The summed E-state index contributed by atoms with van der Waals surface area (Å²) in [6, 6.07) is 0. The summed E-state index contributed by atoms with van der Waals surface area (Å²) in [6.07, 6.45) is 10.3. The minimum atomic E-state index is -5.41. The Labute approximate surface area is 120 Å². The van der Waals surface area contributed by atoms with Crippen molar-refractivity contribution in [2.24, 2.45) is 0 Å². The van der Waals surface area contributed by atoms with Crippen LogP contribution in [0.5, 0.6) is 0 Å². The second kappa shape index (κ2) is 10.4. The molecular formula is C13H25F3O3S. The fourth-order valence-corrected chi connectivity index (χ4v) is 2.30. The Hall–Kier alpha value is -0.300. The average molecular weight is 318 g/mol. The van der Waals surface area contributed by atoms with E-state index in [9.17, 15) is 21.6 Å². The monoisotopic (exact) mass is 318 g/mol. The molecule has 0 amide bonds. The van der Waals surface area contributed by atoms with Gasteiger partial charge in [-0.15, -0.1) is 0 Å². The van der Waals surface area contributed by atoms with Crippen LogP contribution in [0.1, 0.15) is 71.1 Å². The van der Waals surface area contributed by atoms with Gasteiger partial charge in [-0.05, 0) is 6.42 Å². The fraction of sp³-hybridized carbons (Fsp3) is 1.00. The molecule has 122 valence electrons. The number of alkyl halides is 3. The Kier molecular flexibility index (Phi) is 10.3. The SMILES string of the molecule is CCCCCCCCCCCCOS(=O)(=O)C(F)(F)F. The molecule has 0 rings (SSSR count). The summed E-state index contributed by atoms with van der Waals surface area (Å²) in [5.41, 5.74) is -5.31. The molecule has 0 N–H and O–H groups in total. The first kappa shape index (κ1) is 19.7. The Bertz CT molecular complexity index is 326. The number of halogens is 3. The zero-order valence-corrected chi connectivity index (χ0v) is 12.9. The first-order valence-electron chi connectivity index (χ1n) is 7.27. The van der Waals surface area contributed by atoms with Crippen molar-refractivity contribution in [3.8, 4) is 0 Å². The van der Waals surface area contributed by atoms with Gasteiger partial charge in [-0.2, -0.15) is 21.6 Å². The second-order valence-corrected chi connectivity index (χ2v) is 6.51. The molecule has 0 aliphatic heterocycles. The minimum absolute atomic E-state index is 0.338. The average Bonchev–Trinajstić information content (AvgIpc) is 2.34. The van der Waals surface area contributed by atoms with Crippen LogP contribution in [0.15, 0.2) is 0 Å². The van der Waals surface area contributed by atoms with E-state index >= 15 is 0 Å². The lowest BCUT2D eigenvalue weighted by Gasteiger charge is -2.08. The van der Waals surface area contributed by atoms with Crippen molar-refractivity contribution in [1.82, 2.24) is 0 Å². The lowest BCUT2D eigenvalue weighted by molar-refractivity contribution is -0.0542. The van der Waals surface area contributed by atoms with Gasteiger partial charge in [0.15, 0.2) is 0 Å². The topological polar surface area (TPSA) is 43.4 Å². The van der Waals surface area contributed by atoms with Crippen molar-refractivity contribution < 1.29 is 25.8 Å². The molecule has 20 heavy (non-hydrogen) atoms. The summed E-state index contributed by atoms with van der Waals surface area (Å²) in [5, 5.41) is 0. The van der Waals surface area contributed by atoms with Gasteiger partial charge in [-0.3, -0.25) is 4.18 Å². The minimum Gasteiger partial charge on any atom is -0.263 e. The number of hydrogen-bond acceptors (Lipinski definition) is 3. The molecule has 0 spiro atoms. The van der Waals surface area contributed by atoms with Gasteiger partial charge in [-0.25, -0.2) is 0 Å². The van der Waals surface area contributed by atoms with Crippen molar-refractivity contribution in [2.45, 2.75) is 76.6 Å². The van der Waals surface area contributed by atoms with Crippen LogP contribution in [0.3, 0.4) is 0 Å². The summed E-state index contributed by atoms with van der Waals surface area (Å²) >= 11 is 0. The van der Waals surface area contributed by atoms with E-state index in [0.717, 1.165) is 19.3 Å². The highest BCUT2D eigenvalue weighted by Crippen LogP contribution is 2.24. The van der Waals surface area contributed by atoms with Gasteiger partial charge in [0, 0.05) is 0 Å². The van der Waals surface area contributed by atoms with Gasteiger partial charge >= 0.3 is 15.6 Å². The Morgan fingerprint density at radius 3 is 1.60 bits per heavy atom. The molecule has 0 radical (unpaired) electrons. The maximum absolute atomic E-state index is 11.9. The Morgan fingerprint density at radius 1 is 0.800 bits per heavy atom. The molecule has 3 nitrogen and oxygen atoms in total. The molecule has 0 heterocycles. The van der Waals surface area contributed by atoms with Gasteiger partial charge in [0.05, 0.1) is 6.61 Å². The molecule has 0 bridgehead atoms. The van der Waals surface area contributed by atoms with Crippen LogP contribution < -0.4 is 0 Å². The maximum Gasteiger partial charge on any atom is 0.523 e. The highest BCUT2D eigenvalue weighted by molar-refractivity contribution is 7.87. The quantitative estimate of drug-likeness (QED) is 0.296. The summed E-state index contributed by atoms with van der Waals surface area (Å²) in [5.74, 6) is 0. The van der Waals surface area contributed by atoms with E-state index in [1.165, 1.54) is 32.1 Å². The molecule has 0 aliphatic rings. The highest BCUT2D eigenvalue weighted by atomic mass is 32.2. The third kappa shape index (κ3) is 9.58. The summed E-state index contributed by atoms with van der Waals surface area (Å²) < 4.78 is 60.8. The van der Waals surface area contributed by atoms with Crippen molar-refractivity contribution in [3.63, 3.8) is 0 Å². The van der Waals surface area contributed by atoms with Crippen molar-refractivity contribution in [1.29, 1.82) is 0 Å². The molecule has 0 fully saturated rings. The van der Waals surface area contributed by atoms with Crippen LogP contribution in [0.4, 0.5) is 13.2 Å². The van der Waals surface area contributed by atoms with Crippen LogP contribution in [-0.2, 0) is 14.3 Å². The molecule has 0 saturated heterocycles. The smallest absolute Gasteiger partial charge is 0.263 e. The Morgan fingerprint density at radius 2 is 1.20 bits per heavy atom. The molecule has 0 saturated carbocycles. The van der Waals surface area contributed by atoms with Gasteiger partial charge in [-0.1, -0.05) is 64.7 Å². The molecular weight excluding hydrogens is 293 g/mol. The maximum atomic E-state index is 11.9. The first-order valence-corrected chi connectivity index (χ1v) is 8.68. The van der Waals surface area contributed by atoms with E-state index in [0.29, 0.717) is 12.8 Å². The number of rotatable bonds is 12. The highest BCUT2D eigenvalue weighted by Gasteiger charge is 2.47. The van der Waals surface area contributed by atoms with E-state index in [1.54, 1.807) is 0 Å². The lowest BCUT2D eigenvalue weighted by Crippen LogP contribution is -2.25. The van der Waals surface area contributed by atoms with Gasteiger partial charge in [0.1, 0.15) is 0 Å². The molecule has 7 heteroatoms. The third-order valence-corrected chi connectivity index (χ3v) is 4.06. The predicted molar refractivity (Wildman–Crippen MR) is 72.8 cm³/mol. The van der Waals surface area contributed by atoms with Crippen LogP contribution >= 0.6 is 0 Å². The van der Waals surface area contributed by atoms with Gasteiger partial charge in [0.2, 0.25) is 0 Å². The van der Waals surface area contributed by atoms with Crippen LogP contribution in [0.25, 0.3) is 0 Å². The predicted octanol–water partition coefficient (Wildman–Crippen LogP) is 4.77. The fourth-order valence-electron chi connectivity index (χ4n) is 1.82. The zero-order chi connectivity index (χ0) is 15.5. The van der Waals surface area contributed by atoms with Crippen molar-refractivity contribution >= 4 is 10.1 Å². The van der Waals surface area contributed by atoms with Gasteiger partial charge < -0.3 is 0 Å². The van der Waals surface area contributed by atoms with E-state index in [4.69, 9.17) is 0 Å². The third-order valence-electron chi connectivity index (χ3n) is 3.02. The molecule has 0 aromatic rings. The van der Waals surface area contributed by atoms with E-state index < -0.39 is 22.2 Å². The van der Waals surface area contributed by atoms with E-state index in [-0.39, 0.29) is 0 Å². The molecule has 0 aliphatic carbocycles. The molecule has 0 unspecified atom stereocenters. The van der Waals surface area contributed by atoms with Crippen LogP contribution in [0.2, 0.25) is 0 Å². The number of unbranched alkanes of at least 4 members (excludes halogenated alkanes) is 9. The second-order valence-electron chi connectivity index (χ2n) is 4.90. The lowest BCUT2D eigenvalue weighted by atomic mass is 10.1. The summed E-state index contributed by atoms with van der Waals surface area (Å²) in [7, 11) is -5.41. The number of hydrogen-bond donors (Lipinski definition) is 0. The Balaban J connectivity index is 3.38. The van der Waals surface area contributed by atoms with Gasteiger partial charge in [0.25, 0.3) is 0 Å². The largest absolute Gasteiger partial charge is 0.523 e. The molecule has 0 aromatic heterocycles. The van der Waals surface area contributed by atoms with Crippen LogP contribution in [0, 0.1) is 0 Å². The summed E-state index contributed by atoms with van der Waals surface area (Å²) in [4.78, 5) is 0. The molecule has 0 atom stereocenters. The first-order chi connectivity index (χ1) is 9.31. The summed E-state index contributed by atoms with van der Waals surface area (Å²) in [6.45, 7) is 1.78. The standard InChI is InChI=1S/C13H25F3O3S/c1-2-3-4-5-6-7-8-9-10-11-12-19-20(17,18)13(14,15)16/h2-12H2,1H3. The van der Waals surface area contributed by atoms with Crippen molar-refractivity contribution in [3.05, 3.63) is 0 Å². The van der Waals surface area contributed by atoms with Crippen molar-refractivity contribution in [2.75, 3.05) is 6.61 Å². The van der Waals surface area contributed by atoms with E-state index in [1.807, 2.05) is 0 Å². The zero-order valence-electron chi connectivity index (χ0n) is 12.0.